The molecule has 0 aromatic rings. The first kappa shape index (κ1) is 10.7. The second-order valence-electron chi connectivity index (χ2n) is 0.971. The predicted molar refractivity (Wildman–Crippen MR) is 19.4 cm³/mol. The van der Waals surface area contributed by atoms with Gasteiger partial charge in [0.05, 0.1) is 0 Å². The fourth-order valence-corrected chi connectivity index (χ4v) is 0. The van der Waals surface area contributed by atoms with Crippen LogP contribution < -0.4 is 51.4 Å². The van der Waals surface area contributed by atoms with E-state index in [1.807, 2.05) is 0 Å². The second kappa shape index (κ2) is 3.70. The number of hydrogen-bond acceptors (Lipinski definition) is 3. The van der Waals surface area contributed by atoms with Crippen LogP contribution in [0, 0.1) is 0 Å². The summed E-state index contributed by atoms with van der Waals surface area (Å²) >= 11 is 0. The molecule has 6 heavy (non-hydrogen) atoms. The van der Waals surface area contributed by atoms with Crippen molar-refractivity contribution in [2.45, 2.75) is 6.55 Å². The van der Waals surface area contributed by atoms with Gasteiger partial charge in [0, 0.05) is 6.55 Å². The largest absolute Gasteiger partial charge is 1.00 e. The van der Waals surface area contributed by atoms with E-state index in [-0.39, 0.29) is 52.8 Å². The Bertz CT molecular complexity index is 30.4. The van der Waals surface area contributed by atoms with Crippen molar-refractivity contribution in [3.8, 4) is 0 Å². The molecule has 0 aliphatic rings. The molecule has 0 fully saturated rings. The summed E-state index contributed by atoms with van der Waals surface area (Å²) in [6, 6.07) is 0. The van der Waals surface area contributed by atoms with Gasteiger partial charge in [-0.05, 0) is 0 Å². The van der Waals surface area contributed by atoms with Gasteiger partial charge in [-0.3, -0.25) is 0 Å². The maximum atomic E-state index is 7.77. The minimum atomic E-state index is -3.61. The third kappa shape index (κ3) is 42.8. The van der Waals surface area contributed by atoms with E-state index in [4.69, 9.17) is 14.4 Å². The summed E-state index contributed by atoms with van der Waals surface area (Å²) in [5.41, 5.74) is 0. The van der Waals surface area contributed by atoms with Gasteiger partial charge in [0.15, 0.2) is 0 Å². The van der Waals surface area contributed by atoms with Crippen LogP contribution in [-0.4, -0.2) is 23.2 Å². The van der Waals surface area contributed by atoms with E-state index >= 15 is 0 Å². The Kier molecular flexibility index (Phi) is 6.58. The monoisotopic (exact) mass is 134 g/mol. The Morgan fingerprint density at radius 3 is 1.33 bits per heavy atom. The topological polar surface area (TPSA) is 60.7 Å². The summed E-state index contributed by atoms with van der Waals surface area (Å²) in [6.07, 6.45) is 0. The van der Waals surface area contributed by atoms with Gasteiger partial charge < -0.3 is 15.8 Å². The zero-order chi connectivity index (χ0) is 4.50. The first-order chi connectivity index (χ1) is 2.00. The van der Waals surface area contributed by atoms with Gasteiger partial charge in [0.2, 0.25) is 0 Å². The summed E-state index contributed by atoms with van der Waals surface area (Å²) in [4.78, 5) is 23.3. The van der Waals surface area contributed by atoms with Gasteiger partial charge in [-0.1, -0.05) is 0 Å². The molecule has 0 aromatic heterocycles. The van der Waals surface area contributed by atoms with Crippen molar-refractivity contribution in [3.05, 3.63) is 0 Å². The van der Waals surface area contributed by atoms with Crippen LogP contribution in [0.2, 0.25) is 6.55 Å². The van der Waals surface area contributed by atoms with Crippen molar-refractivity contribution in [1.29, 1.82) is 0 Å². The SMILES string of the molecule is C[Si](O)(O)O.[H-].[K+]. The predicted octanol–water partition coefficient (Wildman–Crippen LogP) is -4.35. The Hall–Kier alpha value is 1.73. The molecule has 0 aromatic carbocycles. The third-order valence-electron chi connectivity index (χ3n) is 0. The molecule has 0 spiro atoms. The minimum Gasteiger partial charge on any atom is -1.00 e. The van der Waals surface area contributed by atoms with Gasteiger partial charge in [0.25, 0.3) is 0 Å². The van der Waals surface area contributed by atoms with Crippen LogP contribution in [0.4, 0.5) is 0 Å². The molecule has 0 heterocycles. The van der Waals surface area contributed by atoms with Crippen LogP contribution in [0.5, 0.6) is 0 Å². The Balaban J connectivity index is -0.0000000800. The molecule has 0 rings (SSSR count). The maximum Gasteiger partial charge on any atom is 1.00 e. The normalized spacial score (nSPS) is 10.0. The van der Waals surface area contributed by atoms with E-state index < -0.39 is 8.80 Å². The molecule has 0 aliphatic carbocycles. The zero-order valence-electron chi connectivity index (χ0n) is 4.84. The molecular weight excluding hydrogens is 127 g/mol. The summed E-state index contributed by atoms with van der Waals surface area (Å²) in [5, 5.41) is 0. The molecule has 5 heteroatoms. The van der Waals surface area contributed by atoms with E-state index in [1.54, 1.807) is 0 Å². The van der Waals surface area contributed by atoms with Crippen molar-refractivity contribution in [1.82, 2.24) is 0 Å². The fraction of sp³-hybridized carbons (Fsp3) is 1.00. The van der Waals surface area contributed by atoms with Crippen molar-refractivity contribution >= 4 is 8.80 Å². The quantitative estimate of drug-likeness (QED) is 0.293. The van der Waals surface area contributed by atoms with Gasteiger partial charge in [0.1, 0.15) is 0 Å². The zero-order valence-corrected chi connectivity index (χ0v) is 7.96. The molecule has 0 saturated heterocycles. The average Bonchev–Trinajstić information content (AvgIpc) is 0.722. The molecule has 0 atom stereocenters. The van der Waals surface area contributed by atoms with E-state index in [0.717, 1.165) is 6.55 Å². The molecule has 34 valence electrons. The van der Waals surface area contributed by atoms with Crippen LogP contribution in [0.15, 0.2) is 0 Å². The first-order valence-electron chi connectivity index (χ1n) is 1.17. The van der Waals surface area contributed by atoms with E-state index in [2.05, 4.69) is 0 Å². The Morgan fingerprint density at radius 1 is 1.33 bits per heavy atom. The van der Waals surface area contributed by atoms with Gasteiger partial charge in [-0.15, -0.1) is 0 Å². The summed E-state index contributed by atoms with van der Waals surface area (Å²) in [6.45, 7) is 0.993. The second-order valence-corrected chi connectivity index (χ2v) is 2.91. The van der Waals surface area contributed by atoms with Crippen molar-refractivity contribution in [2.24, 2.45) is 0 Å². The van der Waals surface area contributed by atoms with Gasteiger partial charge >= 0.3 is 60.2 Å². The summed E-state index contributed by atoms with van der Waals surface area (Å²) in [7, 11) is -3.61. The molecule has 3 N–H and O–H groups in total. The van der Waals surface area contributed by atoms with Crippen LogP contribution in [0.25, 0.3) is 0 Å². The fourth-order valence-electron chi connectivity index (χ4n) is 0. The molecule has 0 saturated carbocycles. The average molecular weight is 134 g/mol. The van der Waals surface area contributed by atoms with Crippen molar-refractivity contribution in [2.75, 3.05) is 0 Å². The summed E-state index contributed by atoms with van der Waals surface area (Å²) < 4.78 is 0. The number of rotatable bonds is 0. The molecule has 0 bridgehead atoms. The smallest absolute Gasteiger partial charge is 1.00 e. The van der Waals surface area contributed by atoms with Crippen LogP contribution >= 0.6 is 0 Å². The maximum absolute atomic E-state index is 7.77. The molecule has 0 aliphatic heterocycles. The van der Waals surface area contributed by atoms with E-state index in [0.29, 0.717) is 0 Å². The van der Waals surface area contributed by atoms with Crippen molar-refractivity contribution < 1.29 is 67.2 Å². The van der Waals surface area contributed by atoms with Crippen molar-refractivity contribution in [3.63, 3.8) is 0 Å². The third-order valence-corrected chi connectivity index (χ3v) is 0. The molecule has 0 unspecified atom stereocenters. The minimum absolute atomic E-state index is 0. The standard InChI is InChI=1S/CH6O3Si.K.H/c1-5(2,3)4;;/h2-4H,1H3;;/q;+1;-1. The van der Waals surface area contributed by atoms with Crippen LogP contribution in [-0.2, 0) is 0 Å². The molecule has 3 nitrogen and oxygen atoms in total. The number of hydrogen-bond donors (Lipinski definition) is 3. The molecule has 0 amide bonds. The van der Waals surface area contributed by atoms with Crippen LogP contribution in [0.1, 0.15) is 1.43 Å². The van der Waals surface area contributed by atoms with E-state index in [1.165, 1.54) is 0 Å². The van der Waals surface area contributed by atoms with Gasteiger partial charge in [-0.2, -0.15) is 0 Å². The molecular formula is CH7KO3Si. The molecule has 0 radical (unpaired) electrons. The summed E-state index contributed by atoms with van der Waals surface area (Å²) in [5.74, 6) is 0. The van der Waals surface area contributed by atoms with Crippen LogP contribution in [0.3, 0.4) is 0 Å². The van der Waals surface area contributed by atoms with Gasteiger partial charge in [-0.25, -0.2) is 0 Å². The van der Waals surface area contributed by atoms with E-state index in [9.17, 15) is 0 Å². The Labute approximate surface area is 81.3 Å². The Morgan fingerprint density at radius 2 is 1.33 bits per heavy atom. The first-order valence-corrected chi connectivity index (χ1v) is 3.51.